The molecule has 1 unspecified atom stereocenters. The smallest absolute Gasteiger partial charge is 0.348 e. The van der Waals surface area contributed by atoms with E-state index in [9.17, 15) is 9.90 Å². The zero-order valence-electron chi connectivity index (χ0n) is 9.07. The first-order chi connectivity index (χ1) is 6.63. The van der Waals surface area contributed by atoms with E-state index < -0.39 is 12.2 Å². The first kappa shape index (κ1) is 13.4. The summed E-state index contributed by atoms with van der Waals surface area (Å²) >= 11 is 0. The lowest BCUT2D eigenvalue weighted by Gasteiger charge is -2.24. The number of unbranched alkanes of at least 4 members (excludes halogenated alkanes) is 2. The highest BCUT2D eigenvalue weighted by Crippen LogP contribution is 2.03. The van der Waals surface area contributed by atoms with E-state index in [0.717, 1.165) is 25.7 Å². The molecule has 0 aromatic heterocycles. The fraction of sp³-hybridized carbons (Fsp3) is 0.900. The lowest BCUT2D eigenvalue weighted by Crippen LogP contribution is -2.42. The second kappa shape index (κ2) is 7.76. The molecule has 1 atom stereocenters. The zero-order valence-corrected chi connectivity index (χ0v) is 9.07. The summed E-state index contributed by atoms with van der Waals surface area (Å²) in [6.45, 7) is 5.41. The summed E-state index contributed by atoms with van der Waals surface area (Å²) in [6.07, 6.45) is 2.53. The van der Waals surface area contributed by atoms with Crippen molar-refractivity contribution < 1.29 is 15.0 Å². The Balaban J connectivity index is 4.01. The second-order valence-corrected chi connectivity index (χ2v) is 3.45. The molecule has 0 amide bonds. The van der Waals surface area contributed by atoms with Crippen LogP contribution >= 0.6 is 0 Å². The third kappa shape index (κ3) is 5.19. The predicted octanol–water partition coefficient (Wildman–Crippen LogP) is 1.29. The van der Waals surface area contributed by atoms with Crippen molar-refractivity contribution in [2.24, 2.45) is 0 Å². The van der Waals surface area contributed by atoms with E-state index in [0.29, 0.717) is 13.1 Å². The minimum Gasteiger partial charge on any atom is -0.478 e. The first-order valence-electron chi connectivity index (χ1n) is 5.28. The first-order valence-corrected chi connectivity index (χ1v) is 5.28. The second-order valence-electron chi connectivity index (χ2n) is 3.45. The highest BCUT2D eigenvalue weighted by atomic mass is 16.4. The van der Waals surface area contributed by atoms with Crippen molar-refractivity contribution in [3.8, 4) is 0 Å². The number of hydrogen-bond acceptors (Lipinski definition) is 3. The van der Waals surface area contributed by atoms with Gasteiger partial charge in [0.2, 0.25) is 6.23 Å². The Kier molecular flexibility index (Phi) is 7.42. The molecular weight excluding hydrogens is 182 g/mol. The van der Waals surface area contributed by atoms with Crippen molar-refractivity contribution in [2.75, 3.05) is 13.1 Å². The molecule has 0 fully saturated rings. The van der Waals surface area contributed by atoms with Gasteiger partial charge < -0.3 is 10.2 Å². The molecule has 84 valence electrons. The molecule has 0 saturated heterocycles. The summed E-state index contributed by atoms with van der Waals surface area (Å²) in [4.78, 5) is 12.2. The Bertz CT molecular complexity index is 153. The van der Waals surface area contributed by atoms with Crippen LogP contribution in [0.3, 0.4) is 0 Å². The SMILES string of the molecule is CCCCN(CCCC)C(O)C(=O)O. The molecular formula is C10H21NO3. The average molecular weight is 203 g/mol. The maximum atomic E-state index is 10.6. The van der Waals surface area contributed by atoms with Gasteiger partial charge in [0, 0.05) is 13.1 Å². The van der Waals surface area contributed by atoms with E-state index in [4.69, 9.17) is 5.11 Å². The van der Waals surface area contributed by atoms with Gasteiger partial charge in [0.25, 0.3) is 0 Å². The normalized spacial score (nSPS) is 13.1. The van der Waals surface area contributed by atoms with E-state index in [-0.39, 0.29) is 0 Å². The quantitative estimate of drug-likeness (QED) is 0.584. The number of carbonyl (C=O) groups is 1. The van der Waals surface area contributed by atoms with Gasteiger partial charge in [-0.3, -0.25) is 4.90 Å². The lowest BCUT2D eigenvalue weighted by molar-refractivity contribution is -0.157. The molecule has 4 heteroatoms. The third-order valence-corrected chi connectivity index (χ3v) is 2.16. The van der Waals surface area contributed by atoms with Gasteiger partial charge in [0.15, 0.2) is 0 Å². The molecule has 0 saturated carbocycles. The van der Waals surface area contributed by atoms with Crippen LogP contribution in [0, 0.1) is 0 Å². The minimum atomic E-state index is -1.34. The van der Waals surface area contributed by atoms with E-state index in [1.165, 1.54) is 0 Å². The minimum absolute atomic E-state index is 0.657. The maximum Gasteiger partial charge on any atom is 0.348 e. The van der Waals surface area contributed by atoms with Gasteiger partial charge in [-0.2, -0.15) is 0 Å². The van der Waals surface area contributed by atoms with Crippen molar-refractivity contribution in [2.45, 2.75) is 45.8 Å². The van der Waals surface area contributed by atoms with E-state index >= 15 is 0 Å². The number of nitrogens with zero attached hydrogens (tertiary/aromatic N) is 1. The molecule has 14 heavy (non-hydrogen) atoms. The van der Waals surface area contributed by atoms with Crippen LogP contribution < -0.4 is 0 Å². The Morgan fingerprint density at radius 3 is 1.93 bits per heavy atom. The fourth-order valence-corrected chi connectivity index (χ4v) is 1.23. The Morgan fingerprint density at radius 2 is 1.64 bits per heavy atom. The number of aliphatic hydroxyl groups excluding tert-OH is 1. The van der Waals surface area contributed by atoms with Crippen LogP contribution in [0.25, 0.3) is 0 Å². The molecule has 4 nitrogen and oxygen atoms in total. The van der Waals surface area contributed by atoms with E-state index in [1.54, 1.807) is 4.90 Å². The summed E-state index contributed by atoms with van der Waals surface area (Å²) in [5.74, 6) is -1.16. The summed E-state index contributed by atoms with van der Waals surface area (Å²) in [5, 5.41) is 18.0. The standard InChI is InChI=1S/C10H21NO3/c1-3-5-7-11(8-6-4-2)9(12)10(13)14/h9,12H,3-8H2,1-2H3,(H,13,14). The molecule has 0 heterocycles. The monoisotopic (exact) mass is 203 g/mol. The average Bonchev–Trinajstić information content (AvgIpc) is 2.17. The van der Waals surface area contributed by atoms with Gasteiger partial charge in [0.1, 0.15) is 0 Å². The van der Waals surface area contributed by atoms with Gasteiger partial charge in [-0.1, -0.05) is 26.7 Å². The van der Waals surface area contributed by atoms with Gasteiger partial charge in [0.05, 0.1) is 0 Å². The highest BCUT2D eigenvalue weighted by Gasteiger charge is 2.21. The van der Waals surface area contributed by atoms with Crippen molar-refractivity contribution in [3.63, 3.8) is 0 Å². The number of carboxylic acids is 1. The van der Waals surface area contributed by atoms with E-state index in [2.05, 4.69) is 0 Å². The number of rotatable bonds is 8. The molecule has 0 aromatic rings. The summed E-state index contributed by atoms with van der Waals surface area (Å²) in [7, 11) is 0. The van der Waals surface area contributed by atoms with Crippen LogP contribution in [0.1, 0.15) is 39.5 Å². The largest absolute Gasteiger partial charge is 0.478 e. The fourth-order valence-electron chi connectivity index (χ4n) is 1.23. The molecule has 0 aliphatic carbocycles. The Hall–Kier alpha value is -0.610. The molecule has 0 rings (SSSR count). The van der Waals surface area contributed by atoms with Crippen LogP contribution in [0.4, 0.5) is 0 Å². The van der Waals surface area contributed by atoms with Gasteiger partial charge in [-0.15, -0.1) is 0 Å². The van der Waals surface area contributed by atoms with Crippen molar-refractivity contribution >= 4 is 5.97 Å². The lowest BCUT2D eigenvalue weighted by atomic mass is 10.2. The number of hydrogen-bond donors (Lipinski definition) is 2. The maximum absolute atomic E-state index is 10.6. The molecule has 0 aromatic carbocycles. The summed E-state index contributed by atoms with van der Waals surface area (Å²) in [5.41, 5.74) is 0. The van der Waals surface area contributed by atoms with Crippen LogP contribution in [-0.2, 0) is 4.79 Å². The van der Waals surface area contributed by atoms with Crippen LogP contribution in [0.2, 0.25) is 0 Å². The summed E-state index contributed by atoms with van der Waals surface area (Å²) < 4.78 is 0. The van der Waals surface area contributed by atoms with Crippen molar-refractivity contribution in [3.05, 3.63) is 0 Å². The molecule has 0 aliphatic rings. The van der Waals surface area contributed by atoms with Gasteiger partial charge >= 0.3 is 5.97 Å². The number of aliphatic hydroxyl groups is 1. The zero-order chi connectivity index (χ0) is 11.0. The Morgan fingerprint density at radius 1 is 1.21 bits per heavy atom. The van der Waals surface area contributed by atoms with Gasteiger partial charge in [-0.05, 0) is 12.8 Å². The summed E-state index contributed by atoms with van der Waals surface area (Å²) in [6, 6.07) is 0. The third-order valence-electron chi connectivity index (χ3n) is 2.16. The van der Waals surface area contributed by atoms with Gasteiger partial charge in [-0.25, -0.2) is 4.79 Å². The number of aliphatic carboxylic acids is 1. The van der Waals surface area contributed by atoms with Crippen molar-refractivity contribution in [1.82, 2.24) is 4.90 Å². The Labute approximate surface area is 85.5 Å². The highest BCUT2D eigenvalue weighted by molar-refractivity contribution is 5.71. The molecule has 2 N–H and O–H groups in total. The molecule has 0 spiro atoms. The topological polar surface area (TPSA) is 60.8 Å². The molecule has 0 aliphatic heterocycles. The number of carboxylic acid groups (broad SMARTS) is 1. The van der Waals surface area contributed by atoms with Crippen LogP contribution in [-0.4, -0.2) is 40.4 Å². The van der Waals surface area contributed by atoms with Crippen molar-refractivity contribution in [1.29, 1.82) is 0 Å². The molecule has 0 radical (unpaired) electrons. The molecule has 0 bridgehead atoms. The predicted molar refractivity (Wildman–Crippen MR) is 55.0 cm³/mol. The van der Waals surface area contributed by atoms with E-state index in [1.807, 2.05) is 13.8 Å². The van der Waals surface area contributed by atoms with Crippen LogP contribution in [0.15, 0.2) is 0 Å². The van der Waals surface area contributed by atoms with Crippen LogP contribution in [0.5, 0.6) is 0 Å².